The number of nitrogens with zero attached hydrogens (tertiary/aromatic N) is 2. The van der Waals surface area contributed by atoms with Crippen molar-refractivity contribution in [3.8, 4) is 0 Å². The first-order chi connectivity index (χ1) is 11.8. The molecular formula is C17H21ClN2O3S2. The maximum Gasteiger partial charge on any atom is 0.252 e. The number of thiophene rings is 1. The van der Waals surface area contributed by atoms with Crippen LogP contribution in [0, 0.1) is 0 Å². The van der Waals surface area contributed by atoms with Crippen molar-refractivity contribution in [1.82, 2.24) is 9.21 Å². The fourth-order valence-corrected chi connectivity index (χ4v) is 4.90. The van der Waals surface area contributed by atoms with Gasteiger partial charge in [-0.1, -0.05) is 35.9 Å². The van der Waals surface area contributed by atoms with Crippen LogP contribution in [0.2, 0.25) is 5.02 Å². The molecule has 1 amide bonds. The summed E-state index contributed by atoms with van der Waals surface area (Å²) in [6, 6.07) is 10.7. The first kappa shape index (κ1) is 19.9. The molecule has 25 heavy (non-hydrogen) atoms. The second-order valence-electron chi connectivity index (χ2n) is 5.70. The molecule has 1 heterocycles. The molecule has 0 spiro atoms. The normalized spacial score (nSPS) is 11.7. The fraction of sp³-hybridized carbons (Fsp3) is 0.353. The average Bonchev–Trinajstić information content (AvgIpc) is 3.12. The zero-order valence-electron chi connectivity index (χ0n) is 14.2. The molecule has 1 aromatic heterocycles. The molecule has 0 atom stereocenters. The van der Waals surface area contributed by atoms with E-state index in [1.807, 2.05) is 18.2 Å². The lowest BCUT2D eigenvalue weighted by Gasteiger charge is -2.19. The van der Waals surface area contributed by atoms with Gasteiger partial charge in [-0.2, -0.15) is 0 Å². The molecule has 0 aliphatic carbocycles. The van der Waals surface area contributed by atoms with Gasteiger partial charge in [0.1, 0.15) is 4.21 Å². The Morgan fingerprint density at radius 1 is 1.16 bits per heavy atom. The minimum absolute atomic E-state index is 0.0400. The summed E-state index contributed by atoms with van der Waals surface area (Å²) in [5.41, 5.74) is 0.886. The summed E-state index contributed by atoms with van der Waals surface area (Å²) in [4.78, 5) is 13.8. The van der Waals surface area contributed by atoms with E-state index in [-0.39, 0.29) is 12.3 Å². The van der Waals surface area contributed by atoms with Crippen LogP contribution in [0.15, 0.2) is 46.0 Å². The quantitative estimate of drug-likeness (QED) is 0.681. The largest absolute Gasteiger partial charge is 0.341 e. The van der Waals surface area contributed by atoms with Crippen molar-refractivity contribution in [2.24, 2.45) is 0 Å². The van der Waals surface area contributed by atoms with Gasteiger partial charge in [-0.3, -0.25) is 4.79 Å². The van der Waals surface area contributed by atoms with Gasteiger partial charge in [0, 0.05) is 38.6 Å². The molecule has 2 aromatic rings. The molecule has 0 radical (unpaired) electrons. The highest BCUT2D eigenvalue weighted by Crippen LogP contribution is 2.20. The SMILES string of the molecule is CN(Cc1ccccc1Cl)C(=O)CCCN(C)S(=O)(=O)c1cccs1. The van der Waals surface area contributed by atoms with Crippen LogP contribution in [0.3, 0.4) is 0 Å². The standard InChI is InChI=1S/C17H21ClN2O3S2/c1-19(13-14-7-3-4-8-15(14)18)16(21)9-5-11-20(2)25(22,23)17-10-6-12-24-17/h3-4,6-8,10,12H,5,9,11,13H2,1-2H3. The molecule has 0 saturated carbocycles. The maximum absolute atomic E-state index is 12.3. The Bertz CT molecular complexity index is 807. The molecular weight excluding hydrogens is 380 g/mol. The van der Waals surface area contributed by atoms with Gasteiger partial charge in [-0.15, -0.1) is 11.3 Å². The van der Waals surface area contributed by atoms with E-state index in [4.69, 9.17) is 11.6 Å². The average molecular weight is 401 g/mol. The van der Waals surface area contributed by atoms with Crippen LogP contribution in [0.5, 0.6) is 0 Å². The van der Waals surface area contributed by atoms with E-state index in [2.05, 4.69) is 0 Å². The molecule has 0 fully saturated rings. The number of halogens is 1. The molecule has 0 unspecified atom stereocenters. The van der Waals surface area contributed by atoms with Crippen molar-refractivity contribution in [2.45, 2.75) is 23.6 Å². The summed E-state index contributed by atoms with van der Waals surface area (Å²) in [6.45, 7) is 0.730. The number of carbonyl (C=O) groups excluding carboxylic acids is 1. The van der Waals surface area contributed by atoms with Crippen LogP contribution < -0.4 is 0 Å². The van der Waals surface area contributed by atoms with E-state index < -0.39 is 10.0 Å². The summed E-state index contributed by atoms with van der Waals surface area (Å²) >= 11 is 7.30. The highest BCUT2D eigenvalue weighted by Gasteiger charge is 2.21. The lowest BCUT2D eigenvalue weighted by Crippen LogP contribution is -2.30. The van der Waals surface area contributed by atoms with E-state index in [1.165, 1.54) is 22.7 Å². The smallest absolute Gasteiger partial charge is 0.252 e. The minimum atomic E-state index is -3.46. The Morgan fingerprint density at radius 3 is 2.52 bits per heavy atom. The number of amides is 1. The molecule has 0 bridgehead atoms. The van der Waals surface area contributed by atoms with Crippen molar-refractivity contribution < 1.29 is 13.2 Å². The van der Waals surface area contributed by atoms with Crippen LogP contribution in [0.25, 0.3) is 0 Å². The highest BCUT2D eigenvalue weighted by atomic mass is 35.5. The van der Waals surface area contributed by atoms with Gasteiger partial charge in [0.25, 0.3) is 10.0 Å². The Morgan fingerprint density at radius 2 is 1.88 bits per heavy atom. The number of carbonyl (C=O) groups is 1. The van der Waals surface area contributed by atoms with Crippen molar-refractivity contribution in [3.05, 3.63) is 52.4 Å². The third-order valence-corrected chi connectivity index (χ3v) is 7.41. The molecule has 2 rings (SSSR count). The van der Waals surface area contributed by atoms with Crippen molar-refractivity contribution in [2.75, 3.05) is 20.6 Å². The third kappa shape index (κ3) is 5.28. The Kier molecular flexibility index (Phi) is 7.01. The summed E-state index contributed by atoms with van der Waals surface area (Å²) < 4.78 is 26.2. The first-order valence-corrected chi connectivity index (χ1v) is 10.5. The Hall–Kier alpha value is -1.41. The van der Waals surface area contributed by atoms with Crippen LogP contribution in [0.4, 0.5) is 0 Å². The zero-order valence-corrected chi connectivity index (χ0v) is 16.6. The van der Waals surface area contributed by atoms with Crippen LogP contribution in [0.1, 0.15) is 18.4 Å². The van der Waals surface area contributed by atoms with E-state index >= 15 is 0 Å². The van der Waals surface area contributed by atoms with E-state index in [9.17, 15) is 13.2 Å². The predicted molar refractivity (Wildman–Crippen MR) is 101 cm³/mol. The minimum Gasteiger partial charge on any atom is -0.341 e. The van der Waals surface area contributed by atoms with Gasteiger partial charge >= 0.3 is 0 Å². The number of rotatable bonds is 8. The summed E-state index contributed by atoms with van der Waals surface area (Å²) in [5.74, 6) is -0.0400. The van der Waals surface area contributed by atoms with Gasteiger partial charge in [0.05, 0.1) is 0 Å². The number of sulfonamides is 1. The lowest BCUT2D eigenvalue weighted by molar-refractivity contribution is -0.130. The highest BCUT2D eigenvalue weighted by molar-refractivity contribution is 7.91. The molecule has 8 heteroatoms. The zero-order chi connectivity index (χ0) is 18.4. The lowest BCUT2D eigenvalue weighted by atomic mass is 10.2. The van der Waals surface area contributed by atoms with E-state index in [0.29, 0.717) is 28.7 Å². The van der Waals surface area contributed by atoms with Crippen molar-refractivity contribution in [1.29, 1.82) is 0 Å². The predicted octanol–water partition coefficient (Wildman–Crippen LogP) is 3.46. The molecule has 0 aliphatic heterocycles. The number of hydrogen-bond acceptors (Lipinski definition) is 4. The van der Waals surface area contributed by atoms with E-state index in [1.54, 1.807) is 35.5 Å². The monoisotopic (exact) mass is 400 g/mol. The molecule has 0 N–H and O–H groups in total. The second kappa shape index (κ2) is 8.80. The molecule has 5 nitrogen and oxygen atoms in total. The third-order valence-electron chi connectivity index (χ3n) is 3.81. The van der Waals surface area contributed by atoms with E-state index in [0.717, 1.165) is 5.56 Å². The molecule has 1 aromatic carbocycles. The first-order valence-electron chi connectivity index (χ1n) is 7.79. The molecule has 136 valence electrons. The van der Waals surface area contributed by atoms with Crippen LogP contribution in [-0.2, 0) is 21.4 Å². The van der Waals surface area contributed by atoms with Gasteiger partial charge in [0.2, 0.25) is 5.91 Å². The molecule has 0 saturated heterocycles. The van der Waals surface area contributed by atoms with Gasteiger partial charge < -0.3 is 4.90 Å². The van der Waals surface area contributed by atoms with Gasteiger partial charge in [-0.25, -0.2) is 12.7 Å². The van der Waals surface area contributed by atoms with Crippen LogP contribution >= 0.6 is 22.9 Å². The summed E-state index contributed by atoms with van der Waals surface area (Å²) in [6.07, 6.45) is 0.748. The maximum atomic E-state index is 12.3. The molecule has 0 aliphatic rings. The van der Waals surface area contributed by atoms with Crippen molar-refractivity contribution >= 4 is 38.9 Å². The topological polar surface area (TPSA) is 57.7 Å². The summed E-state index contributed by atoms with van der Waals surface area (Å²) in [7, 11) is -0.204. The van der Waals surface area contributed by atoms with Crippen LogP contribution in [-0.4, -0.2) is 44.2 Å². The number of benzene rings is 1. The Labute approximate surface area is 157 Å². The van der Waals surface area contributed by atoms with Gasteiger partial charge in [-0.05, 0) is 29.5 Å². The number of hydrogen-bond donors (Lipinski definition) is 0. The fourth-order valence-electron chi connectivity index (χ4n) is 2.30. The summed E-state index contributed by atoms with van der Waals surface area (Å²) in [5, 5.41) is 2.36. The van der Waals surface area contributed by atoms with Crippen molar-refractivity contribution in [3.63, 3.8) is 0 Å². The second-order valence-corrected chi connectivity index (χ2v) is 9.33. The Balaban J connectivity index is 1.83. The van der Waals surface area contributed by atoms with Gasteiger partial charge in [0.15, 0.2) is 0 Å².